The molecule has 1 atom stereocenters. The van der Waals surface area contributed by atoms with Crippen LogP contribution in [0.3, 0.4) is 0 Å². The first-order valence-corrected chi connectivity index (χ1v) is 15.4. The number of carbonyl (C=O) groups excluding carboxylic acids is 2. The molecule has 6 rings (SSSR count). The number of rotatable bonds is 10. The van der Waals surface area contributed by atoms with Gasteiger partial charge in [0.25, 0.3) is 11.8 Å². The fourth-order valence-electron chi connectivity index (χ4n) is 5.69. The first kappa shape index (κ1) is 27.9. The number of thiophene rings is 1. The van der Waals surface area contributed by atoms with Crippen LogP contribution in [0.25, 0.3) is 22.6 Å². The van der Waals surface area contributed by atoms with Gasteiger partial charge in [-0.1, -0.05) is 31.9 Å². The van der Waals surface area contributed by atoms with Crippen molar-refractivity contribution in [3.63, 3.8) is 0 Å². The molecule has 1 saturated carbocycles. The Morgan fingerprint density at radius 3 is 2.62 bits per heavy atom. The van der Waals surface area contributed by atoms with Gasteiger partial charge in [0.2, 0.25) is 0 Å². The highest BCUT2D eigenvalue weighted by Gasteiger charge is 2.25. The number of amides is 2. The molecule has 10 heteroatoms. The van der Waals surface area contributed by atoms with Crippen LogP contribution in [0.5, 0.6) is 0 Å². The van der Waals surface area contributed by atoms with Crippen molar-refractivity contribution in [3.8, 4) is 16.9 Å². The lowest BCUT2D eigenvalue weighted by molar-refractivity contribution is 0.0907. The van der Waals surface area contributed by atoms with E-state index in [0.29, 0.717) is 41.5 Å². The Balaban J connectivity index is 1.23. The van der Waals surface area contributed by atoms with E-state index >= 15 is 0 Å². The molecule has 0 saturated heterocycles. The summed E-state index contributed by atoms with van der Waals surface area (Å²) >= 11 is 1.51. The summed E-state index contributed by atoms with van der Waals surface area (Å²) in [7, 11) is 0. The molecule has 1 fully saturated rings. The second kappa shape index (κ2) is 12.3. The Bertz CT molecular complexity index is 1680. The Kier molecular flexibility index (Phi) is 8.16. The normalized spacial score (nSPS) is 14.3. The largest absolute Gasteiger partial charge is 0.394 e. The van der Waals surface area contributed by atoms with E-state index in [9.17, 15) is 14.7 Å². The van der Waals surface area contributed by atoms with Gasteiger partial charge in [0.15, 0.2) is 5.65 Å². The molecule has 1 aliphatic rings. The molecule has 9 nitrogen and oxygen atoms in total. The van der Waals surface area contributed by atoms with E-state index in [2.05, 4.69) is 21.8 Å². The molecule has 1 aromatic carbocycles. The number of aliphatic hydroxyl groups is 1. The topological polar surface area (TPSA) is 114 Å². The Morgan fingerprint density at radius 2 is 1.90 bits per heavy atom. The van der Waals surface area contributed by atoms with Crippen molar-refractivity contribution >= 4 is 28.8 Å². The number of hydrogen-bond acceptors (Lipinski definition) is 6. The minimum atomic E-state index is -0.376. The molecule has 0 aliphatic heterocycles. The van der Waals surface area contributed by atoms with E-state index in [1.807, 2.05) is 58.9 Å². The number of hydrogen-bond donors (Lipinski definition) is 3. The van der Waals surface area contributed by atoms with E-state index < -0.39 is 0 Å². The number of nitrogens with zero attached hydrogens (tertiary/aromatic N) is 4. The molecule has 0 spiro atoms. The van der Waals surface area contributed by atoms with Crippen LogP contribution < -0.4 is 10.6 Å². The average Bonchev–Trinajstić information content (AvgIpc) is 3.84. The lowest BCUT2D eigenvalue weighted by Gasteiger charge is -2.14. The second-order valence-corrected chi connectivity index (χ2v) is 11.5. The molecule has 42 heavy (non-hydrogen) atoms. The minimum Gasteiger partial charge on any atom is -0.394 e. The molecule has 4 heterocycles. The highest BCUT2D eigenvalue weighted by atomic mass is 32.1. The molecule has 0 bridgehead atoms. The van der Waals surface area contributed by atoms with Gasteiger partial charge in [-0.3, -0.25) is 14.0 Å². The second-order valence-electron chi connectivity index (χ2n) is 10.7. The van der Waals surface area contributed by atoms with Crippen LogP contribution in [-0.2, 0) is 6.54 Å². The molecule has 216 valence electrons. The number of aliphatic hydroxyl groups excluding tert-OH is 1. The standard InChI is InChI=1S/C32H34N6O3S/c1-2-24(19-39)35-32(41)29-28(23-14-17-42-20-23)36-30-26(8-5-16-37(29)30)31(40)33-18-21-9-11-25(12-10-21)38-27(13-15-34-38)22-6-3-4-7-22/h5,8-17,20,22,24,39H,2-4,6-7,18-19H2,1H3,(H,33,40)(H,35,41)/t24-/m0/s1. The van der Waals surface area contributed by atoms with Crippen molar-refractivity contribution in [3.05, 3.63) is 94.2 Å². The van der Waals surface area contributed by atoms with Gasteiger partial charge in [-0.25, -0.2) is 9.67 Å². The van der Waals surface area contributed by atoms with Gasteiger partial charge in [0.1, 0.15) is 11.4 Å². The van der Waals surface area contributed by atoms with Crippen molar-refractivity contribution in [2.45, 2.75) is 57.5 Å². The smallest absolute Gasteiger partial charge is 0.270 e. The molecule has 0 radical (unpaired) electrons. The van der Waals surface area contributed by atoms with E-state index in [1.165, 1.54) is 42.7 Å². The first-order valence-electron chi connectivity index (χ1n) is 14.4. The molecule has 1 aliphatic carbocycles. The highest BCUT2D eigenvalue weighted by Crippen LogP contribution is 2.35. The fourth-order valence-corrected chi connectivity index (χ4v) is 6.33. The number of imidazole rings is 1. The third-order valence-electron chi connectivity index (χ3n) is 8.03. The van der Waals surface area contributed by atoms with Crippen LogP contribution in [0.2, 0.25) is 0 Å². The summed E-state index contributed by atoms with van der Waals surface area (Å²) in [5, 5.41) is 23.9. The summed E-state index contributed by atoms with van der Waals surface area (Å²) in [6.45, 7) is 2.08. The summed E-state index contributed by atoms with van der Waals surface area (Å²) in [4.78, 5) is 31.6. The predicted molar refractivity (Wildman–Crippen MR) is 163 cm³/mol. The zero-order valence-electron chi connectivity index (χ0n) is 23.5. The molecular formula is C32H34N6O3S. The number of carbonyl (C=O) groups is 2. The van der Waals surface area contributed by atoms with E-state index in [4.69, 9.17) is 4.98 Å². The average molecular weight is 583 g/mol. The zero-order valence-corrected chi connectivity index (χ0v) is 24.3. The summed E-state index contributed by atoms with van der Waals surface area (Å²) in [5.74, 6) is -0.0714. The number of nitrogens with one attached hydrogen (secondary N) is 2. The third-order valence-corrected chi connectivity index (χ3v) is 8.72. The van der Waals surface area contributed by atoms with Crippen molar-refractivity contribution in [2.75, 3.05) is 6.61 Å². The van der Waals surface area contributed by atoms with Crippen molar-refractivity contribution < 1.29 is 14.7 Å². The van der Waals surface area contributed by atoms with Crippen molar-refractivity contribution in [2.24, 2.45) is 0 Å². The molecule has 5 aromatic rings. The lowest BCUT2D eigenvalue weighted by Crippen LogP contribution is -2.37. The van der Waals surface area contributed by atoms with Gasteiger partial charge in [-0.2, -0.15) is 16.4 Å². The van der Waals surface area contributed by atoms with Gasteiger partial charge in [-0.05, 0) is 66.6 Å². The van der Waals surface area contributed by atoms with Gasteiger partial charge >= 0.3 is 0 Å². The van der Waals surface area contributed by atoms with Crippen LogP contribution >= 0.6 is 11.3 Å². The maximum atomic E-state index is 13.4. The fraction of sp³-hybridized carbons (Fsp3) is 0.312. The van der Waals surface area contributed by atoms with E-state index in [1.54, 1.807) is 22.7 Å². The summed E-state index contributed by atoms with van der Waals surface area (Å²) in [6, 6.07) is 15.2. The third kappa shape index (κ3) is 5.47. The Hall–Kier alpha value is -4.28. The SMILES string of the molecule is CC[C@@H](CO)NC(=O)c1c(-c2ccsc2)nc2c(C(=O)NCc3ccc(-n4nccc4C4CCCC4)cc3)cccn12. The number of pyridine rings is 1. The van der Waals surface area contributed by atoms with Crippen LogP contribution in [0.1, 0.15) is 77.0 Å². The van der Waals surface area contributed by atoms with Crippen LogP contribution in [0.15, 0.2) is 71.7 Å². The predicted octanol–water partition coefficient (Wildman–Crippen LogP) is 5.34. The molecular weight excluding hydrogens is 548 g/mol. The van der Waals surface area contributed by atoms with Crippen LogP contribution in [0, 0.1) is 0 Å². The minimum absolute atomic E-state index is 0.162. The quantitative estimate of drug-likeness (QED) is 0.206. The number of aromatic nitrogens is 4. The monoisotopic (exact) mass is 582 g/mol. The van der Waals surface area contributed by atoms with Crippen molar-refractivity contribution in [1.82, 2.24) is 29.8 Å². The molecule has 3 N–H and O–H groups in total. The van der Waals surface area contributed by atoms with Crippen molar-refractivity contribution in [1.29, 1.82) is 0 Å². The van der Waals surface area contributed by atoms with E-state index in [0.717, 1.165) is 16.8 Å². The summed E-state index contributed by atoms with van der Waals surface area (Å²) in [5.41, 5.74) is 5.62. The highest BCUT2D eigenvalue weighted by molar-refractivity contribution is 7.08. The summed E-state index contributed by atoms with van der Waals surface area (Å²) in [6.07, 6.45) is 9.15. The summed E-state index contributed by atoms with van der Waals surface area (Å²) < 4.78 is 3.68. The lowest BCUT2D eigenvalue weighted by atomic mass is 10.0. The van der Waals surface area contributed by atoms with Gasteiger partial charge < -0.3 is 15.7 Å². The van der Waals surface area contributed by atoms with Crippen LogP contribution in [-0.4, -0.2) is 48.7 Å². The molecule has 0 unspecified atom stereocenters. The first-order chi connectivity index (χ1) is 20.6. The Labute approximate surface area is 248 Å². The van der Waals surface area contributed by atoms with E-state index in [-0.39, 0.29) is 24.5 Å². The maximum absolute atomic E-state index is 13.4. The van der Waals surface area contributed by atoms with Gasteiger partial charge in [0.05, 0.1) is 23.9 Å². The van der Waals surface area contributed by atoms with Crippen LogP contribution in [0.4, 0.5) is 0 Å². The zero-order chi connectivity index (χ0) is 29.1. The van der Waals surface area contributed by atoms with Gasteiger partial charge in [-0.15, -0.1) is 0 Å². The number of benzene rings is 1. The maximum Gasteiger partial charge on any atom is 0.270 e. The molecule has 2 amide bonds. The number of fused-ring (bicyclic) bond motifs is 1. The molecule has 4 aromatic heterocycles. The Morgan fingerprint density at radius 1 is 1.10 bits per heavy atom. The van der Waals surface area contributed by atoms with Gasteiger partial charge in [0, 0.05) is 41.5 Å².